The Balaban J connectivity index is 1.66. The summed E-state index contributed by atoms with van der Waals surface area (Å²) in [7, 11) is 2.89. The number of piperazine rings is 1. The molecule has 1 aliphatic rings. The van der Waals surface area contributed by atoms with E-state index in [1.807, 2.05) is 7.05 Å². The minimum Gasteiger partial charge on any atom is -0.493 e. The lowest BCUT2D eigenvalue weighted by Crippen LogP contribution is -3.12. The second-order valence-corrected chi connectivity index (χ2v) is 10.1. The third kappa shape index (κ3) is 5.76. The first-order chi connectivity index (χ1) is 16.2. The van der Waals surface area contributed by atoms with E-state index < -0.39 is 15.9 Å². The summed E-state index contributed by atoms with van der Waals surface area (Å²) in [4.78, 5) is 14.2. The molecule has 2 aromatic rings. The molecule has 184 valence electrons. The topological polar surface area (TPSA) is 111 Å². The highest BCUT2D eigenvalue weighted by atomic mass is 32.2. The molecule has 3 N–H and O–H groups in total. The van der Waals surface area contributed by atoms with Crippen LogP contribution < -0.4 is 29.7 Å². The molecule has 0 aliphatic carbocycles. The maximum atomic E-state index is 12.9. The van der Waals surface area contributed by atoms with E-state index in [0.717, 1.165) is 13.1 Å². The van der Waals surface area contributed by atoms with Gasteiger partial charge in [0.25, 0.3) is 5.91 Å². The number of hydrogen-bond acceptors (Lipinski definition) is 7. The Morgan fingerprint density at radius 3 is 2.06 bits per heavy atom. The van der Waals surface area contributed by atoms with Gasteiger partial charge in [0.1, 0.15) is 0 Å². The van der Waals surface area contributed by atoms with Crippen LogP contribution in [0.2, 0.25) is 0 Å². The van der Waals surface area contributed by atoms with E-state index in [1.54, 1.807) is 12.1 Å². The van der Waals surface area contributed by atoms with Crippen LogP contribution in [0.15, 0.2) is 41.3 Å². The molecule has 12 heteroatoms. The molecule has 0 spiro atoms. The van der Waals surface area contributed by atoms with E-state index in [2.05, 4.69) is 10.6 Å². The molecule has 1 amide bonds. The number of quaternary nitrogens is 1. The lowest BCUT2D eigenvalue weighted by atomic mass is 10.1. The van der Waals surface area contributed by atoms with Gasteiger partial charge in [-0.3, -0.25) is 10.1 Å². The summed E-state index contributed by atoms with van der Waals surface area (Å²) in [5.41, 5.74) is 0.797. The number of benzene rings is 2. The third-order valence-electron chi connectivity index (χ3n) is 5.48. The number of ether oxygens (including phenoxy) is 3. The minimum atomic E-state index is -3.55. The van der Waals surface area contributed by atoms with Crippen molar-refractivity contribution in [2.45, 2.75) is 4.90 Å². The first-order valence-electron chi connectivity index (χ1n) is 10.5. The average molecular weight is 510 g/mol. The van der Waals surface area contributed by atoms with Crippen LogP contribution in [0.4, 0.5) is 5.69 Å². The summed E-state index contributed by atoms with van der Waals surface area (Å²) in [6.45, 7) is 2.54. The number of hydrogen-bond donors (Lipinski definition) is 3. The molecule has 0 unspecified atom stereocenters. The van der Waals surface area contributed by atoms with E-state index in [-0.39, 0.29) is 15.6 Å². The number of anilines is 1. The molecule has 10 nitrogen and oxygen atoms in total. The number of nitrogens with one attached hydrogen (secondary N) is 3. The van der Waals surface area contributed by atoms with Crippen LogP contribution in [0.1, 0.15) is 10.4 Å². The number of thiocarbonyl (C=S) groups is 1. The molecule has 0 radical (unpaired) electrons. The summed E-state index contributed by atoms with van der Waals surface area (Å²) in [6.07, 6.45) is 0. The quantitative estimate of drug-likeness (QED) is 0.459. The van der Waals surface area contributed by atoms with E-state index in [9.17, 15) is 13.2 Å². The number of carbonyl (C=O) groups excluding carboxylic acids is 1. The number of sulfonamides is 1. The van der Waals surface area contributed by atoms with Crippen LogP contribution in [0.5, 0.6) is 17.2 Å². The summed E-state index contributed by atoms with van der Waals surface area (Å²) >= 11 is 5.24. The summed E-state index contributed by atoms with van der Waals surface area (Å²) in [5.74, 6) is 0.567. The fourth-order valence-corrected chi connectivity index (χ4v) is 5.17. The molecule has 1 saturated heterocycles. The highest BCUT2D eigenvalue weighted by molar-refractivity contribution is 7.89. The Labute approximate surface area is 204 Å². The summed E-state index contributed by atoms with van der Waals surface area (Å²) < 4.78 is 43.0. The standard InChI is InChI=1S/C22H28N4O6S2/c1-25-9-11-26(12-10-25)34(28,29)17-7-5-16(6-8-17)23-22(33)24-21(27)15-13-18(30-2)20(32-4)19(14-15)31-3/h5-8,13-14H,9-12H2,1-4H3,(H2,23,24,27,33)/p+1. The second kappa shape index (κ2) is 11.0. The van der Waals surface area contributed by atoms with Gasteiger partial charge >= 0.3 is 0 Å². The van der Waals surface area contributed by atoms with E-state index in [1.165, 1.54) is 54.8 Å². The van der Waals surface area contributed by atoms with Gasteiger partial charge in [-0.2, -0.15) is 4.31 Å². The molecule has 2 aromatic carbocycles. The van der Waals surface area contributed by atoms with Crippen molar-refractivity contribution in [3.05, 3.63) is 42.0 Å². The van der Waals surface area contributed by atoms with Gasteiger partial charge in [-0.15, -0.1) is 0 Å². The lowest BCUT2D eigenvalue weighted by Gasteiger charge is -2.29. The first kappa shape index (κ1) is 25.7. The largest absolute Gasteiger partial charge is 0.493 e. The first-order valence-corrected chi connectivity index (χ1v) is 12.4. The Kier molecular flexibility index (Phi) is 8.31. The van der Waals surface area contributed by atoms with Crippen LogP contribution in [0, 0.1) is 0 Å². The zero-order valence-corrected chi connectivity index (χ0v) is 21.1. The molecule has 0 aromatic heterocycles. The van der Waals surface area contributed by atoms with Crippen molar-refractivity contribution in [2.75, 3.05) is 59.9 Å². The molecule has 1 heterocycles. The monoisotopic (exact) mass is 509 g/mol. The van der Waals surface area contributed by atoms with E-state index in [0.29, 0.717) is 36.0 Å². The maximum Gasteiger partial charge on any atom is 0.257 e. The SMILES string of the molecule is COc1cc(C(=O)NC(=S)Nc2ccc(S(=O)(=O)N3CC[NH+](C)CC3)cc2)cc(OC)c1OC. The van der Waals surface area contributed by atoms with Crippen LogP contribution in [-0.2, 0) is 10.0 Å². The Morgan fingerprint density at radius 2 is 1.56 bits per heavy atom. The smallest absolute Gasteiger partial charge is 0.257 e. The van der Waals surface area contributed by atoms with Gasteiger partial charge in [0.2, 0.25) is 15.8 Å². The van der Waals surface area contributed by atoms with Crippen molar-refractivity contribution in [3.8, 4) is 17.2 Å². The molecule has 0 saturated carbocycles. The van der Waals surface area contributed by atoms with Crippen LogP contribution in [0.25, 0.3) is 0 Å². The van der Waals surface area contributed by atoms with Gasteiger partial charge in [0, 0.05) is 11.3 Å². The maximum absolute atomic E-state index is 12.9. The highest BCUT2D eigenvalue weighted by Gasteiger charge is 2.29. The second-order valence-electron chi connectivity index (χ2n) is 7.71. The Hall–Kier alpha value is -2.93. The van der Waals surface area contributed by atoms with Gasteiger partial charge in [0.05, 0.1) is 59.5 Å². The number of carbonyl (C=O) groups is 1. The van der Waals surface area contributed by atoms with Gasteiger partial charge in [-0.1, -0.05) is 0 Å². The normalized spacial score (nSPS) is 14.8. The fourth-order valence-electron chi connectivity index (χ4n) is 3.52. The number of likely N-dealkylation sites (N-methyl/N-ethyl adjacent to an activating group) is 1. The number of rotatable bonds is 7. The van der Waals surface area contributed by atoms with Crippen molar-refractivity contribution in [1.29, 1.82) is 0 Å². The van der Waals surface area contributed by atoms with Crippen molar-refractivity contribution < 1.29 is 32.3 Å². The molecular weight excluding hydrogens is 480 g/mol. The lowest BCUT2D eigenvalue weighted by molar-refractivity contribution is -0.883. The Bertz CT molecular complexity index is 1120. The van der Waals surface area contributed by atoms with Crippen LogP contribution in [-0.4, -0.2) is 78.3 Å². The number of methoxy groups -OCH3 is 3. The van der Waals surface area contributed by atoms with Crippen molar-refractivity contribution in [2.24, 2.45) is 0 Å². The molecule has 1 fully saturated rings. The predicted octanol–water partition coefficient (Wildman–Crippen LogP) is 0.358. The number of amides is 1. The van der Waals surface area contributed by atoms with Crippen molar-refractivity contribution in [3.63, 3.8) is 0 Å². The third-order valence-corrected chi connectivity index (χ3v) is 7.60. The molecule has 0 bridgehead atoms. The van der Waals surface area contributed by atoms with Gasteiger partial charge in [0.15, 0.2) is 16.6 Å². The van der Waals surface area contributed by atoms with E-state index in [4.69, 9.17) is 26.4 Å². The molecule has 34 heavy (non-hydrogen) atoms. The zero-order valence-electron chi connectivity index (χ0n) is 19.5. The molecule has 3 rings (SSSR count). The van der Waals surface area contributed by atoms with Crippen LogP contribution in [0.3, 0.4) is 0 Å². The number of nitrogens with zero attached hydrogens (tertiary/aromatic N) is 1. The Morgan fingerprint density at radius 1 is 1.00 bits per heavy atom. The van der Waals surface area contributed by atoms with Gasteiger partial charge in [-0.05, 0) is 48.6 Å². The van der Waals surface area contributed by atoms with Crippen molar-refractivity contribution in [1.82, 2.24) is 9.62 Å². The fraction of sp³-hybridized carbons (Fsp3) is 0.364. The van der Waals surface area contributed by atoms with Crippen molar-refractivity contribution >= 4 is 38.9 Å². The van der Waals surface area contributed by atoms with Crippen LogP contribution >= 0.6 is 12.2 Å². The molecular formula is C22H29N4O6S2+. The minimum absolute atomic E-state index is 0.0522. The van der Waals surface area contributed by atoms with Gasteiger partial charge < -0.3 is 24.4 Å². The molecule has 0 atom stereocenters. The highest BCUT2D eigenvalue weighted by Crippen LogP contribution is 2.38. The summed E-state index contributed by atoms with van der Waals surface area (Å²) in [5, 5.41) is 5.53. The average Bonchev–Trinajstić information content (AvgIpc) is 2.83. The predicted molar refractivity (Wildman–Crippen MR) is 132 cm³/mol. The van der Waals surface area contributed by atoms with Gasteiger partial charge in [-0.25, -0.2) is 8.42 Å². The van der Waals surface area contributed by atoms with E-state index >= 15 is 0 Å². The summed E-state index contributed by atoms with van der Waals surface area (Å²) in [6, 6.07) is 9.27. The molecule has 1 aliphatic heterocycles. The zero-order chi connectivity index (χ0) is 24.9.